The van der Waals surface area contributed by atoms with E-state index in [0.717, 1.165) is 5.56 Å². The van der Waals surface area contributed by atoms with E-state index >= 15 is 0 Å². The standard InChI is InChI=1S/C18H17N3O3/c1-20(2)19-16(22)13-8-9-14-15(10-13)18(24)21(17(14)23)11-12-6-4-3-5-7-12/h3-10H,11H2,1-2H3,(H,19,22). The Morgan fingerprint density at radius 1 is 1.00 bits per heavy atom. The van der Waals surface area contributed by atoms with E-state index in [-0.39, 0.29) is 29.8 Å². The van der Waals surface area contributed by atoms with Crippen LogP contribution in [0.25, 0.3) is 0 Å². The maximum atomic E-state index is 12.6. The normalized spacial score (nSPS) is 13.4. The van der Waals surface area contributed by atoms with Crippen LogP contribution in [0.15, 0.2) is 48.5 Å². The number of imide groups is 1. The highest BCUT2D eigenvalue weighted by molar-refractivity contribution is 6.22. The van der Waals surface area contributed by atoms with Gasteiger partial charge in [0.05, 0.1) is 17.7 Å². The quantitative estimate of drug-likeness (QED) is 0.687. The van der Waals surface area contributed by atoms with Crippen LogP contribution in [0.1, 0.15) is 36.6 Å². The van der Waals surface area contributed by atoms with Crippen LogP contribution < -0.4 is 5.43 Å². The summed E-state index contributed by atoms with van der Waals surface area (Å²) >= 11 is 0. The molecule has 6 heteroatoms. The zero-order valence-electron chi connectivity index (χ0n) is 13.4. The van der Waals surface area contributed by atoms with Crippen molar-refractivity contribution in [3.8, 4) is 0 Å². The monoisotopic (exact) mass is 323 g/mol. The molecule has 122 valence electrons. The molecule has 1 N–H and O–H groups in total. The molecule has 0 saturated carbocycles. The molecule has 0 aromatic heterocycles. The van der Waals surface area contributed by atoms with Crippen molar-refractivity contribution in [1.82, 2.24) is 15.3 Å². The molecule has 0 atom stereocenters. The molecular weight excluding hydrogens is 306 g/mol. The van der Waals surface area contributed by atoms with E-state index in [1.165, 1.54) is 22.0 Å². The molecule has 6 nitrogen and oxygen atoms in total. The van der Waals surface area contributed by atoms with Gasteiger partial charge in [-0.05, 0) is 23.8 Å². The number of nitrogens with one attached hydrogen (secondary N) is 1. The molecule has 0 saturated heterocycles. The number of carbonyl (C=O) groups is 3. The van der Waals surface area contributed by atoms with Crippen LogP contribution in [-0.2, 0) is 6.54 Å². The third-order valence-corrected chi connectivity index (χ3v) is 3.74. The summed E-state index contributed by atoms with van der Waals surface area (Å²) in [7, 11) is 3.39. The minimum atomic E-state index is -0.377. The number of hydrazine groups is 1. The largest absolute Gasteiger partial charge is 0.285 e. The first-order valence-corrected chi connectivity index (χ1v) is 7.50. The Kier molecular flexibility index (Phi) is 4.14. The van der Waals surface area contributed by atoms with E-state index in [4.69, 9.17) is 0 Å². The highest BCUT2D eigenvalue weighted by atomic mass is 16.2. The molecule has 3 amide bonds. The lowest BCUT2D eigenvalue weighted by Gasteiger charge is -2.13. The Morgan fingerprint density at radius 3 is 2.33 bits per heavy atom. The van der Waals surface area contributed by atoms with Gasteiger partial charge in [0.25, 0.3) is 17.7 Å². The maximum Gasteiger partial charge on any atom is 0.265 e. The fourth-order valence-corrected chi connectivity index (χ4v) is 2.61. The molecule has 2 aromatic rings. The van der Waals surface area contributed by atoms with Gasteiger partial charge in [0.15, 0.2) is 0 Å². The lowest BCUT2D eigenvalue weighted by molar-refractivity contribution is 0.0642. The summed E-state index contributed by atoms with van der Waals surface area (Å²) in [5, 5.41) is 1.52. The van der Waals surface area contributed by atoms with Gasteiger partial charge in [-0.3, -0.25) is 24.7 Å². The second kappa shape index (κ2) is 6.25. The predicted octanol–water partition coefficient (Wildman–Crippen LogP) is 1.69. The van der Waals surface area contributed by atoms with Crippen LogP contribution in [0.3, 0.4) is 0 Å². The van der Waals surface area contributed by atoms with E-state index < -0.39 is 0 Å². The number of rotatable bonds is 4. The SMILES string of the molecule is CN(C)NC(=O)c1ccc2c(c1)C(=O)N(Cc1ccccc1)C2=O. The number of hydrogen-bond acceptors (Lipinski definition) is 4. The fourth-order valence-electron chi connectivity index (χ4n) is 2.61. The van der Waals surface area contributed by atoms with Crippen LogP contribution in [-0.4, -0.2) is 41.7 Å². The van der Waals surface area contributed by atoms with Gasteiger partial charge in [0.2, 0.25) is 0 Å². The van der Waals surface area contributed by atoms with Gasteiger partial charge in [-0.25, -0.2) is 5.01 Å². The summed E-state index contributed by atoms with van der Waals surface area (Å²) in [5.74, 6) is -1.04. The first-order chi connectivity index (χ1) is 11.5. The Morgan fingerprint density at radius 2 is 1.67 bits per heavy atom. The van der Waals surface area contributed by atoms with E-state index in [1.54, 1.807) is 20.2 Å². The highest BCUT2D eigenvalue weighted by Gasteiger charge is 2.35. The number of fused-ring (bicyclic) bond motifs is 1. The average Bonchev–Trinajstić information content (AvgIpc) is 2.80. The molecule has 2 aromatic carbocycles. The van der Waals surface area contributed by atoms with Gasteiger partial charge in [-0.15, -0.1) is 0 Å². The zero-order chi connectivity index (χ0) is 17.3. The predicted molar refractivity (Wildman–Crippen MR) is 88.2 cm³/mol. The van der Waals surface area contributed by atoms with E-state index in [1.807, 2.05) is 30.3 Å². The van der Waals surface area contributed by atoms with E-state index in [2.05, 4.69) is 5.43 Å². The van der Waals surface area contributed by atoms with Crippen molar-refractivity contribution < 1.29 is 14.4 Å². The van der Waals surface area contributed by atoms with Gasteiger partial charge in [-0.1, -0.05) is 30.3 Å². The zero-order valence-corrected chi connectivity index (χ0v) is 13.4. The van der Waals surface area contributed by atoms with Gasteiger partial charge in [-0.2, -0.15) is 0 Å². The van der Waals surface area contributed by atoms with Crippen molar-refractivity contribution in [2.24, 2.45) is 0 Å². The topological polar surface area (TPSA) is 69.7 Å². The second-order valence-corrected chi connectivity index (χ2v) is 5.78. The minimum Gasteiger partial charge on any atom is -0.285 e. The Bertz CT molecular complexity index is 816. The molecule has 1 aliphatic heterocycles. The van der Waals surface area contributed by atoms with Crippen LogP contribution in [0.2, 0.25) is 0 Å². The maximum absolute atomic E-state index is 12.6. The third kappa shape index (κ3) is 2.91. The summed E-state index contributed by atoms with van der Waals surface area (Å²) in [6.07, 6.45) is 0. The molecule has 1 aliphatic rings. The number of amides is 3. The summed E-state index contributed by atoms with van der Waals surface area (Å²) < 4.78 is 0. The Hall–Kier alpha value is -2.99. The highest BCUT2D eigenvalue weighted by Crippen LogP contribution is 2.25. The molecule has 3 rings (SSSR count). The molecule has 0 bridgehead atoms. The molecular formula is C18H17N3O3. The molecule has 0 radical (unpaired) electrons. The summed E-state index contributed by atoms with van der Waals surface area (Å²) in [6, 6.07) is 13.9. The van der Waals surface area contributed by atoms with Gasteiger partial charge < -0.3 is 0 Å². The third-order valence-electron chi connectivity index (χ3n) is 3.74. The average molecular weight is 323 g/mol. The first-order valence-electron chi connectivity index (χ1n) is 7.50. The number of benzene rings is 2. The van der Waals surface area contributed by atoms with Crippen molar-refractivity contribution in [3.63, 3.8) is 0 Å². The van der Waals surface area contributed by atoms with Crippen molar-refractivity contribution in [3.05, 3.63) is 70.8 Å². The van der Waals surface area contributed by atoms with Gasteiger partial charge >= 0.3 is 0 Å². The number of nitrogens with zero attached hydrogens (tertiary/aromatic N) is 2. The van der Waals surface area contributed by atoms with Crippen molar-refractivity contribution in [2.45, 2.75) is 6.54 Å². The molecule has 0 aliphatic carbocycles. The molecule has 0 unspecified atom stereocenters. The lowest BCUT2D eigenvalue weighted by atomic mass is 10.1. The molecule has 1 heterocycles. The van der Waals surface area contributed by atoms with Gasteiger partial charge in [0, 0.05) is 19.7 Å². The van der Waals surface area contributed by atoms with Crippen LogP contribution >= 0.6 is 0 Å². The van der Waals surface area contributed by atoms with Crippen molar-refractivity contribution in [1.29, 1.82) is 0 Å². The van der Waals surface area contributed by atoms with Gasteiger partial charge in [0.1, 0.15) is 0 Å². The fraction of sp³-hybridized carbons (Fsp3) is 0.167. The summed E-state index contributed by atoms with van der Waals surface area (Å²) in [4.78, 5) is 38.3. The summed E-state index contributed by atoms with van der Waals surface area (Å²) in [5.41, 5.74) is 4.42. The minimum absolute atomic E-state index is 0.215. The molecule has 0 spiro atoms. The van der Waals surface area contributed by atoms with Crippen molar-refractivity contribution in [2.75, 3.05) is 14.1 Å². The lowest BCUT2D eigenvalue weighted by Crippen LogP contribution is -2.36. The molecule has 24 heavy (non-hydrogen) atoms. The van der Waals surface area contributed by atoms with E-state index in [9.17, 15) is 14.4 Å². The summed E-state index contributed by atoms with van der Waals surface area (Å²) in [6.45, 7) is 0.215. The second-order valence-electron chi connectivity index (χ2n) is 5.78. The van der Waals surface area contributed by atoms with Crippen LogP contribution in [0.5, 0.6) is 0 Å². The Balaban J connectivity index is 1.87. The van der Waals surface area contributed by atoms with E-state index in [0.29, 0.717) is 11.1 Å². The molecule has 0 fully saturated rings. The number of hydrogen-bond donors (Lipinski definition) is 1. The first kappa shape index (κ1) is 15.9. The van der Waals surface area contributed by atoms with Crippen LogP contribution in [0, 0.1) is 0 Å². The number of carbonyl (C=O) groups excluding carboxylic acids is 3. The van der Waals surface area contributed by atoms with Crippen LogP contribution in [0.4, 0.5) is 0 Å². The van der Waals surface area contributed by atoms with Crippen molar-refractivity contribution >= 4 is 17.7 Å². The Labute approximate surface area is 139 Å². The smallest absolute Gasteiger partial charge is 0.265 e.